The molecule has 1 aliphatic heterocycles. The highest BCUT2D eigenvalue weighted by Gasteiger charge is 2.37. The Morgan fingerprint density at radius 2 is 2.17 bits per heavy atom. The summed E-state index contributed by atoms with van der Waals surface area (Å²) in [6.45, 7) is 4.73. The molecule has 94 valence electrons. The van der Waals surface area contributed by atoms with E-state index < -0.39 is 0 Å². The Morgan fingerprint density at radius 3 is 3.06 bits per heavy atom. The normalized spacial score (nSPS) is 27.4. The van der Waals surface area contributed by atoms with E-state index in [9.17, 15) is 0 Å². The van der Waals surface area contributed by atoms with Gasteiger partial charge in [-0.1, -0.05) is 18.2 Å². The van der Waals surface area contributed by atoms with Crippen LogP contribution in [-0.4, -0.2) is 30.0 Å². The van der Waals surface area contributed by atoms with Gasteiger partial charge in [0, 0.05) is 35.6 Å². The van der Waals surface area contributed by atoms with Gasteiger partial charge in [-0.15, -0.1) is 0 Å². The molecule has 2 heterocycles. The highest BCUT2D eigenvalue weighted by molar-refractivity contribution is 5.88. The maximum absolute atomic E-state index is 3.69. The fourth-order valence-corrected chi connectivity index (χ4v) is 4.10. The molecule has 1 fully saturated rings. The lowest BCUT2D eigenvalue weighted by Crippen LogP contribution is -2.18. The molecule has 2 aromatic rings. The van der Waals surface area contributed by atoms with Crippen molar-refractivity contribution in [2.75, 3.05) is 20.1 Å². The first-order valence-electron chi connectivity index (χ1n) is 7.02. The van der Waals surface area contributed by atoms with Crippen LogP contribution in [0.3, 0.4) is 0 Å². The number of aryl methyl sites for hydroxylation is 2. The van der Waals surface area contributed by atoms with E-state index in [1.165, 1.54) is 48.1 Å². The van der Waals surface area contributed by atoms with Gasteiger partial charge in [-0.3, -0.25) is 0 Å². The van der Waals surface area contributed by atoms with Gasteiger partial charge in [0.15, 0.2) is 0 Å². The molecule has 1 saturated heterocycles. The van der Waals surface area contributed by atoms with Gasteiger partial charge in [0.25, 0.3) is 0 Å². The largest absolute Gasteiger partial charge is 0.358 e. The molecule has 1 aromatic heterocycles. The van der Waals surface area contributed by atoms with Gasteiger partial charge >= 0.3 is 0 Å². The van der Waals surface area contributed by atoms with Crippen LogP contribution < -0.4 is 0 Å². The number of H-pyrrole nitrogens is 1. The minimum Gasteiger partial charge on any atom is -0.358 e. The first-order valence-corrected chi connectivity index (χ1v) is 7.02. The van der Waals surface area contributed by atoms with E-state index in [1.807, 2.05) is 0 Å². The Bertz CT molecular complexity index is 611. The van der Waals surface area contributed by atoms with Crippen molar-refractivity contribution in [3.63, 3.8) is 0 Å². The Morgan fingerprint density at radius 1 is 1.28 bits per heavy atom. The second-order valence-corrected chi connectivity index (χ2v) is 6.14. The minimum absolute atomic E-state index is 0.759. The number of nitrogens with zero attached hydrogens (tertiary/aromatic N) is 1. The van der Waals surface area contributed by atoms with E-state index in [0.717, 1.165) is 11.8 Å². The van der Waals surface area contributed by atoms with Crippen LogP contribution in [-0.2, 0) is 6.42 Å². The van der Waals surface area contributed by atoms with Gasteiger partial charge in [-0.05, 0) is 43.9 Å². The molecule has 0 bridgehead atoms. The third-order valence-electron chi connectivity index (χ3n) is 4.92. The average molecular weight is 240 g/mol. The number of fused-ring (bicyclic) bond motifs is 5. The molecule has 0 spiro atoms. The van der Waals surface area contributed by atoms with Crippen LogP contribution in [0.25, 0.3) is 10.9 Å². The fourth-order valence-electron chi connectivity index (χ4n) is 4.10. The van der Waals surface area contributed by atoms with Crippen LogP contribution in [0.1, 0.15) is 29.2 Å². The van der Waals surface area contributed by atoms with Crippen molar-refractivity contribution in [2.24, 2.45) is 5.92 Å². The highest BCUT2D eigenvalue weighted by Crippen LogP contribution is 2.44. The third kappa shape index (κ3) is 1.33. The lowest BCUT2D eigenvalue weighted by molar-refractivity contribution is 0.386. The summed E-state index contributed by atoms with van der Waals surface area (Å²) < 4.78 is 0. The summed E-state index contributed by atoms with van der Waals surface area (Å²) in [7, 11) is 2.26. The van der Waals surface area contributed by atoms with Crippen LogP contribution >= 0.6 is 0 Å². The first-order chi connectivity index (χ1) is 8.74. The predicted molar refractivity (Wildman–Crippen MR) is 75.1 cm³/mol. The van der Waals surface area contributed by atoms with E-state index in [4.69, 9.17) is 0 Å². The van der Waals surface area contributed by atoms with Crippen molar-refractivity contribution in [3.05, 3.63) is 35.0 Å². The molecule has 4 rings (SSSR count). The quantitative estimate of drug-likeness (QED) is 0.750. The molecule has 18 heavy (non-hydrogen) atoms. The number of aromatic nitrogens is 1. The molecule has 0 amide bonds. The lowest BCUT2D eigenvalue weighted by Gasteiger charge is -2.24. The van der Waals surface area contributed by atoms with Gasteiger partial charge in [0.05, 0.1) is 0 Å². The number of hydrogen-bond acceptors (Lipinski definition) is 1. The van der Waals surface area contributed by atoms with Crippen molar-refractivity contribution in [1.29, 1.82) is 0 Å². The Labute approximate surface area is 108 Å². The summed E-state index contributed by atoms with van der Waals surface area (Å²) >= 11 is 0. The second-order valence-electron chi connectivity index (χ2n) is 6.14. The van der Waals surface area contributed by atoms with Crippen molar-refractivity contribution in [2.45, 2.75) is 25.7 Å². The molecule has 2 atom stereocenters. The molecular weight excluding hydrogens is 220 g/mol. The number of nitrogens with one attached hydrogen (secondary N) is 1. The van der Waals surface area contributed by atoms with Crippen LogP contribution in [0, 0.1) is 12.8 Å². The summed E-state index contributed by atoms with van der Waals surface area (Å²) in [5.41, 5.74) is 5.90. The summed E-state index contributed by atoms with van der Waals surface area (Å²) in [5, 5.41) is 1.48. The van der Waals surface area contributed by atoms with E-state index in [0.29, 0.717) is 0 Å². The molecule has 2 aliphatic rings. The fraction of sp³-hybridized carbons (Fsp3) is 0.500. The smallest absolute Gasteiger partial charge is 0.0488 e. The second kappa shape index (κ2) is 3.61. The van der Waals surface area contributed by atoms with Gasteiger partial charge in [0.1, 0.15) is 0 Å². The Hall–Kier alpha value is -1.28. The summed E-state index contributed by atoms with van der Waals surface area (Å²) in [6, 6.07) is 6.72. The minimum atomic E-state index is 0.759. The maximum Gasteiger partial charge on any atom is 0.0488 e. The van der Waals surface area contributed by atoms with Crippen molar-refractivity contribution in [1.82, 2.24) is 9.88 Å². The topological polar surface area (TPSA) is 19.0 Å². The van der Waals surface area contributed by atoms with E-state index in [2.05, 4.69) is 42.1 Å². The highest BCUT2D eigenvalue weighted by atomic mass is 15.1. The van der Waals surface area contributed by atoms with E-state index in [1.54, 1.807) is 5.56 Å². The predicted octanol–water partition coefficient (Wildman–Crippen LogP) is 3.07. The molecule has 0 saturated carbocycles. The number of hydrogen-bond donors (Lipinski definition) is 1. The molecule has 2 nitrogen and oxygen atoms in total. The van der Waals surface area contributed by atoms with Crippen molar-refractivity contribution in [3.8, 4) is 0 Å². The number of para-hydroxylation sites is 1. The van der Waals surface area contributed by atoms with Crippen molar-refractivity contribution >= 4 is 10.9 Å². The molecule has 2 unspecified atom stereocenters. The maximum atomic E-state index is 3.69. The van der Waals surface area contributed by atoms with E-state index >= 15 is 0 Å². The third-order valence-corrected chi connectivity index (χ3v) is 4.92. The molecule has 1 N–H and O–H groups in total. The monoisotopic (exact) mass is 240 g/mol. The zero-order valence-electron chi connectivity index (χ0n) is 11.2. The molecule has 1 aromatic carbocycles. The number of likely N-dealkylation sites (N-methyl/N-ethyl adjacent to an activating group) is 1. The zero-order valence-corrected chi connectivity index (χ0v) is 11.2. The van der Waals surface area contributed by atoms with Crippen LogP contribution in [0.5, 0.6) is 0 Å². The summed E-state index contributed by atoms with van der Waals surface area (Å²) in [4.78, 5) is 6.19. The number of rotatable bonds is 0. The van der Waals surface area contributed by atoms with Gasteiger partial charge in [0.2, 0.25) is 0 Å². The Balaban J connectivity index is 1.96. The van der Waals surface area contributed by atoms with Crippen LogP contribution in [0.4, 0.5) is 0 Å². The molecular formula is C16H20N2. The van der Waals surface area contributed by atoms with E-state index in [-0.39, 0.29) is 0 Å². The summed E-state index contributed by atoms with van der Waals surface area (Å²) in [6.07, 6.45) is 2.59. The average Bonchev–Trinajstić information content (AvgIpc) is 2.88. The van der Waals surface area contributed by atoms with Gasteiger partial charge in [-0.2, -0.15) is 0 Å². The number of benzene rings is 1. The number of aromatic amines is 1. The molecule has 1 aliphatic carbocycles. The van der Waals surface area contributed by atoms with Crippen LogP contribution in [0.2, 0.25) is 0 Å². The standard InChI is InChI=1S/C16H20N2/c1-10-4-3-5-12-15-13-9-18(2)8-11(13)6-7-14(15)17-16(10)12/h3-5,11,13,17H,6-9H2,1-2H3. The van der Waals surface area contributed by atoms with Crippen molar-refractivity contribution < 1.29 is 0 Å². The first kappa shape index (κ1) is 10.6. The lowest BCUT2D eigenvalue weighted by atomic mass is 9.79. The SMILES string of the molecule is Cc1cccc2c3c([nH]c12)CCC1CN(C)CC31. The summed E-state index contributed by atoms with van der Waals surface area (Å²) in [5.74, 6) is 1.64. The van der Waals surface area contributed by atoms with Crippen LogP contribution in [0.15, 0.2) is 18.2 Å². The molecule has 2 heteroatoms. The zero-order chi connectivity index (χ0) is 12.3. The van der Waals surface area contributed by atoms with Gasteiger partial charge in [-0.25, -0.2) is 0 Å². The molecule has 0 radical (unpaired) electrons. The number of likely N-dealkylation sites (tertiary alicyclic amines) is 1. The Kier molecular flexibility index (Phi) is 2.13. The van der Waals surface area contributed by atoms with Gasteiger partial charge < -0.3 is 9.88 Å².